The van der Waals surface area contributed by atoms with Crippen molar-refractivity contribution < 1.29 is 9.53 Å². The van der Waals surface area contributed by atoms with Gasteiger partial charge in [-0.2, -0.15) is 11.8 Å². The molecule has 21 heavy (non-hydrogen) atoms. The molecule has 1 aliphatic heterocycles. The Balaban J connectivity index is 1.74. The third kappa shape index (κ3) is 5.67. The van der Waals surface area contributed by atoms with Crippen LogP contribution in [0.2, 0.25) is 0 Å². The van der Waals surface area contributed by atoms with Gasteiger partial charge in [0.2, 0.25) is 5.91 Å². The monoisotopic (exact) mass is 308 g/mol. The summed E-state index contributed by atoms with van der Waals surface area (Å²) in [5, 5.41) is 0. The SMILES string of the molecule is CCCSCC(=O)N1CCC[C@H](OCc2ccccn2)C1. The maximum absolute atomic E-state index is 12.1. The van der Waals surface area contributed by atoms with Crippen molar-refractivity contribution in [3.63, 3.8) is 0 Å². The summed E-state index contributed by atoms with van der Waals surface area (Å²) in [5.74, 6) is 1.90. The first-order valence-electron chi connectivity index (χ1n) is 7.66. The van der Waals surface area contributed by atoms with Crippen LogP contribution in [0, 0.1) is 0 Å². The highest BCUT2D eigenvalue weighted by Gasteiger charge is 2.23. The number of rotatable bonds is 7. The molecule has 1 aromatic heterocycles. The summed E-state index contributed by atoms with van der Waals surface area (Å²) in [6, 6.07) is 5.83. The molecule has 0 saturated carbocycles. The van der Waals surface area contributed by atoms with Crippen LogP contribution in [0.1, 0.15) is 31.9 Å². The fraction of sp³-hybridized carbons (Fsp3) is 0.625. The van der Waals surface area contributed by atoms with Crippen molar-refractivity contribution >= 4 is 17.7 Å². The first kappa shape index (κ1) is 16.3. The molecule has 1 aliphatic rings. The van der Waals surface area contributed by atoms with Crippen LogP contribution in [-0.2, 0) is 16.1 Å². The predicted molar refractivity (Wildman–Crippen MR) is 86.2 cm³/mol. The van der Waals surface area contributed by atoms with E-state index in [9.17, 15) is 4.79 Å². The van der Waals surface area contributed by atoms with Crippen molar-refractivity contribution in [2.45, 2.75) is 38.9 Å². The Hall–Kier alpha value is -1.07. The van der Waals surface area contributed by atoms with Gasteiger partial charge in [-0.1, -0.05) is 13.0 Å². The Morgan fingerprint density at radius 2 is 2.43 bits per heavy atom. The number of pyridine rings is 1. The molecule has 1 fully saturated rings. The van der Waals surface area contributed by atoms with Crippen LogP contribution < -0.4 is 0 Å². The maximum Gasteiger partial charge on any atom is 0.232 e. The van der Waals surface area contributed by atoms with Crippen molar-refractivity contribution in [3.05, 3.63) is 30.1 Å². The van der Waals surface area contributed by atoms with Gasteiger partial charge in [-0.15, -0.1) is 0 Å². The molecule has 1 saturated heterocycles. The summed E-state index contributed by atoms with van der Waals surface area (Å²) >= 11 is 1.72. The van der Waals surface area contributed by atoms with E-state index in [1.54, 1.807) is 18.0 Å². The van der Waals surface area contributed by atoms with Gasteiger partial charge in [0, 0.05) is 19.3 Å². The number of aromatic nitrogens is 1. The van der Waals surface area contributed by atoms with Gasteiger partial charge in [-0.25, -0.2) is 0 Å². The minimum absolute atomic E-state index is 0.140. The summed E-state index contributed by atoms with van der Waals surface area (Å²) in [4.78, 5) is 18.3. The van der Waals surface area contributed by atoms with E-state index in [1.807, 2.05) is 23.1 Å². The van der Waals surface area contributed by atoms with Crippen molar-refractivity contribution in [3.8, 4) is 0 Å². The lowest BCUT2D eigenvalue weighted by atomic mass is 10.1. The molecule has 116 valence electrons. The van der Waals surface area contributed by atoms with Crippen molar-refractivity contribution in [1.82, 2.24) is 9.88 Å². The highest BCUT2D eigenvalue weighted by atomic mass is 32.2. The number of carbonyl (C=O) groups is 1. The first-order valence-corrected chi connectivity index (χ1v) is 8.82. The fourth-order valence-corrected chi connectivity index (χ4v) is 3.17. The molecule has 0 unspecified atom stereocenters. The summed E-state index contributed by atoms with van der Waals surface area (Å²) in [5.41, 5.74) is 0.944. The summed E-state index contributed by atoms with van der Waals surface area (Å²) in [7, 11) is 0. The predicted octanol–water partition coefficient (Wildman–Crippen LogP) is 2.73. The number of hydrogen-bond donors (Lipinski definition) is 0. The lowest BCUT2D eigenvalue weighted by molar-refractivity contribution is -0.132. The number of amides is 1. The van der Waals surface area contributed by atoms with E-state index in [4.69, 9.17) is 4.74 Å². The van der Waals surface area contributed by atoms with Gasteiger partial charge < -0.3 is 9.64 Å². The Morgan fingerprint density at radius 1 is 1.52 bits per heavy atom. The number of piperidine rings is 1. The second-order valence-electron chi connectivity index (χ2n) is 5.29. The molecule has 0 N–H and O–H groups in total. The van der Waals surface area contributed by atoms with Gasteiger partial charge in [-0.05, 0) is 37.1 Å². The number of nitrogens with zero attached hydrogens (tertiary/aromatic N) is 2. The number of carbonyl (C=O) groups excluding carboxylic acids is 1. The van der Waals surface area contributed by atoms with Gasteiger partial charge in [0.25, 0.3) is 0 Å². The van der Waals surface area contributed by atoms with Crippen LogP contribution in [0.5, 0.6) is 0 Å². The number of ether oxygens (including phenoxy) is 1. The zero-order chi connectivity index (χ0) is 14.9. The van der Waals surface area contributed by atoms with Crippen molar-refractivity contribution in [2.75, 3.05) is 24.6 Å². The van der Waals surface area contributed by atoms with Crippen LogP contribution in [0.15, 0.2) is 24.4 Å². The molecule has 2 rings (SSSR count). The zero-order valence-electron chi connectivity index (χ0n) is 12.7. The normalized spacial score (nSPS) is 18.7. The van der Waals surface area contributed by atoms with E-state index in [2.05, 4.69) is 11.9 Å². The number of likely N-dealkylation sites (tertiary alicyclic amines) is 1. The molecule has 5 heteroatoms. The number of thioether (sulfide) groups is 1. The lowest BCUT2D eigenvalue weighted by Gasteiger charge is -2.32. The second-order valence-corrected chi connectivity index (χ2v) is 6.39. The van der Waals surface area contributed by atoms with Crippen LogP contribution in [0.4, 0.5) is 0 Å². The van der Waals surface area contributed by atoms with Crippen molar-refractivity contribution in [1.29, 1.82) is 0 Å². The van der Waals surface area contributed by atoms with E-state index < -0.39 is 0 Å². The van der Waals surface area contributed by atoms with E-state index in [0.717, 1.165) is 43.8 Å². The minimum Gasteiger partial charge on any atom is -0.370 e. The molecule has 0 bridgehead atoms. The standard InChI is InChI=1S/C16H24N2O2S/c1-2-10-21-13-16(19)18-9-5-7-15(11-18)20-12-14-6-3-4-8-17-14/h3-4,6,8,15H,2,5,7,9-13H2,1H3/t15-/m0/s1. The van der Waals surface area contributed by atoms with Gasteiger partial charge in [0.15, 0.2) is 0 Å². The average molecular weight is 308 g/mol. The van der Waals surface area contributed by atoms with E-state index in [1.165, 1.54) is 0 Å². The molecule has 2 heterocycles. The molecule has 0 radical (unpaired) electrons. The third-order valence-electron chi connectivity index (χ3n) is 3.50. The Morgan fingerprint density at radius 3 is 3.19 bits per heavy atom. The molecule has 0 spiro atoms. The molecule has 1 amide bonds. The van der Waals surface area contributed by atoms with E-state index >= 15 is 0 Å². The minimum atomic E-state index is 0.140. The van der Waals surface area contributed by atoms with Crippen LogP contribution in [-0.4, -0.2) is 46.5 Å². The Labute approximate surface area is 131 Å². The molecule has 0 aromatic carbocycles. The van der Waals surface area contributed by atoms with Crippen LogP contribution >= 0.6 is 11.8 Å². The second kappa shape index (κ2) is 9.05. The largest absolute Gasteiger partial charge is 0.370 e. The summed E-state index contributed by atoms with van der Waals surface area (Å²) in [6.45, 7) is 4.26. The van der Waals surface area contributed by atoms with Crippen LogP contribution in [0.25, 0.3) is 0 Å². The quantitative estimate of drug-likeness (QED) is 0.726. The average Bonchev–Trinajstić information content (AvgIpc) is 2.54. The summed E-state index contributed by atoms with van der Waals surface area (Å²) in [6.07, 6.45) is 5.09. The highest BCUT2D eigenvalue weighted by molar-refractivity contribution is 7.99. The third-order valence-corrected chi connectivity index (χ3v) is 4.65. The smallest absolute Gasteiger partial charge is 0.232 e. The molecule has 0 aliphatic carbocycles. The topological polar surface area (TPSA) is 42.4 Å². The molecular weight excluding hydrogens is 284 g/mol. The van der Waals surface area contributed by atoms with Gasteiger partial charge in [0.05, 0.1) is 24.2 Å². The fourth-order valence-electron chi connectivity index (χ4n) is 2.38. The van der Waals surface area contributed by atoms with Crippen molar-refractivity contribution in [2.24, 2.45) is 0 Å². The van der Waals surface area contributed by atoms with Gasteiger partial charge in [0.1, 0.15) is 0 Å². The van der Waals surface area contributed by atoms with E-state index in [-0.39, 0.29) is 12.0 Å². The highest BCUT2D eigenvalue weighted by Crippen LogP contribution is 2.16. The summed E-state index contributed by atoms with van der Waals surface area (Å²) < 4.78 is 5.91. The first-order chi connectivity index (χ1) is 10.3. The number of hydrogen-bond acceptors (Lipinski definition) is 4. The lowest BCUT2D eigenvalue weighted by Crippen LogP contribution is -2.44. The zero-order valence-corrected chi connectivity index (χ0v) is 13.5. The molecular formula is C16H24N2O2S. The van der Waals surface area contributed by atoms with Crippen LogP contribution in [0.3, 0.4) is 0 Å². The maximum atomic E-state index is 12.1. The molecule has 4 nitrogen and oxygen atoms in total. The Bertz CT molecular complexity index is 428. The van der Waals surface area contributed by atoms with E-state index in [0.29, 0.717) is 12.4 Å². The van der Waals surface area contributed by atoms with Gasteiger partial charge >= 0.3 is 0 Å². The molecule has 1 aromatic rings. The Kier molecular flexibility index (Phi) is 7.03. The molecule has 1 atom stereocenters. The van der Waals surface area contributed by atoms with Gasteiger partial charge in [-0.3, -0.25) is 9.78 Å².